The molecule has 0 aliphatic rings. The average Bonchev–Trinajstić information content (AvgIpc) is 2.63. The molecule has 2 aromatic rings. The lowest BCUT2D eigenvalue weighted by molar-refractivity contribution is -0.137. The number of aromatic nitrogens is 2. The summed E-state index contributed by atoms with van der Waals surface area (Å²) in [6, 6.07) is 3.89. The largest absolute Gasteiger partial charge is 0.416 e. The maximum absolute atomic E-state index is 12.9. The molecule has 0 spiro atoms. The molecule has 152 valence electrons. The van der Waals surface area contributed by atoms with Crippen LogP contribution in [0.5, 0.6) is 0 Å². The summed E-state index contributed by atoms with van der Waals surface area (Å²) in [5.41, 5.74) is 2.91. The minimum atomic E-state index is -4.61. The molecule has 0 saturated carbocycles. The molecule has 0 saturated heterocycles. The predicted octanol–water partition coefficient (Wildman–Crippen LogP) is 2.60. The fourth-order valence-electron chi connectivity index (χ4n) is 2.76. The van der Waals surface area contributed by atoms with E-state index < -0.39 is 28.9 Å². The van der Waals surface area contributed by atoms with Gasteiger partial charge in [0.05, 0.1) is 5.56 Å². The van der Waals surface area contributed by atoms with Gasteiger partial charge in [-0.25, -0.2) is 4.79 Å². The second kappa shape index (κ2) is 8.32. The van der Waals surface area contributed by atoms with Crippen molar-refractivity contribution in [3.63, 3.8) is 0 Å². The number of nitrogen functional groups attached to an aromatic ring is 1. The van der Waals surface area contributed by atoms with Crippen molar-refractivity contribution >= 4 is 17.4 Å². The van der Waals surface area contributed by atoms with E-state index in [-0.39, 0.29) is 30.2 Å². The topological polar surface area (TPSA) is 101 Å². The first kappa shape index (κ1) is 21.3. The molecular formula is C18H21F3N4O3. The highest BCUT2D eigenvalue weighted by atomic mass is 19.4. The molecule has 2 rings (SSSR count). The Bertz CT molecular complexity index is 979. The van der Waals surface area contributed by atoms with Gasteiger partial charge in [0.1, 0.15) is 5.82 Å². The number of anilines is 2. The number of alkyl halides is 3. The van der Waals surface area contributed by atoms with Crippen LogP contribution >= 0.6 is 0 Å². The van der Waals surface area contributed by atoms with E-state index in [4.69, 9.17) is 5.73 Å². The van der Waals surface area contributed by atoms with Crippen LogP contribution in [0.4, 0.5) is 24.7 Å². The number of H-pyrrole nitrogens is 1. The standard InChI is InChI=1S/C18H21F3N4O3/c1-3-5-9-25-14(22)13(15(26)23-17(25)28)24(4-2)16(27)11-7-6-8-12(10-11)18(19,20)21/h6-8,10H,3-5,9,22H2,1-2H3,(H,23,26,28). The number of amides is 1. The number of nitrogens with one attached hydrogen (secondary N) is 1. The van der Waals surface area contributed by atoms with Gasteiger partial charge >= 0.3 is 11.9 Å². The fraction of sp³-hybridized carbons (Fsp3) is 0.389. The first-order chi connectivity index (χ1) is 13.1. The van der Waals surface area contributed by atoms with Crippen LogP contribution in [-0.2, 0) is 12.7 Å². The van der Waals surface area contributed by atoms with Gasteiger partial charge in [0.2, 0.25) is 0 Å². The maximum atomic E-state index is 12.9. The summed E-state index contributed by atoms with van der Waals surface area (Å²) in [7, 11) is 0. The second-order valence-corrected chi connectivity index (χ2v) is 6.13. The molecule has 1 amide bonds. The van der Waals surface area contributed by atoms with E-state index in [1.165, 1.54) is 6.07 Å². The van der Waals surface area contributed by atoms with Gasteiger partial charge in [-0.1, -0.05) is 19.4 Å². The highest BCUT2D eigenvalue weighted by Gasteiger charge is 2.32. The predicted molar refractivity (Wildman–Crippen MR) is 99.4 cm³/mol. The average molecular weight is 398 g/mol. The molecule has 1 heterocycles. The van der Waals surface area contributed by atoms with Crippen LogP contribution in [0.25, 0.3) is 0 Å². The molecule has 3 N–H and O–H groups in total. The Morgan fingerprint density at radius 1 is 1.25 bits per heavy atom. The molecule has 1 aromatic heterocycles. The van der Waals surface area contributed by atoms with Crippen molar-refractivity contribution in [1.82, 2.24) is 9.55 Å². The van der Waals surface area contributed by atoms with Crippen molar-refractivity contribution in [2.24, 2.45) is 0 Å². The fourth-order valence-corrected chi connectivity index (χ4v) is 2.76. The summed E-state index contributed by atoms with van der Waals surface area (Å²) in [6.07, 6.45) is -3.23. The first-order valence-corrected chi connectivity index (χ1v) is 8.73. The molecule has 1 aromatic carbocycles. The molecular weight excluding hydrogens is 377 g/mol. The van der Waals surface area contributed by atoms with E-state index >= 15 is 0 Å². The Morgan fingerprint density at radius 3 is 2.50 bits per heavy atom. The van der Waals surface area contributed by atoms with E-state index in [9.17, 15) is 27.6 Å². The molecule has 0 fully saturated rings. The first-order valence-electron chi connectivity index (χ1n) is 8.73. The third kappa shape index (κ3) is 4.26. The van der Waals surface area contributed by atoms with E-state index in [0.717, 1.165) is 28.0 Å². The quantitative estimate of drug-likeness (QED) is 0.781. The van der Waals surface area contributed by atoms with Crippen LogP contribution in [0.15, 0.2) is 33.9 Å². The van der Waals surface area contributed by atoms with Crippen LogP contribution in [0.1, 0.15) is 42.6 Å². The highest BCUT2D eigenvalue weighted by Crippen LogP contribution is 2.30. The zero-order valence-corrected chi connectivity index (χ0v) is 15.5. The molecule has 7 nitrogen and oxygen atoms in total. The number of aromatic amines is 1. The number of hydrogen-bond acceptors (Lipinski definition) is 4. The summed E-state index contributed by atoms with van der Waals surface area (Å²) in [4.78, 5) is 40.3. The molecule has 0 unspecified atom stereocenters. The minimum Gasteiger partial charge on any atom is -0.383 e. The number of hydrogen-bond donors (Lipinski definition) is 2. The van der Waals surface area contributed by atoms with Gasteiger partial charge < -0.3 is 10.6 Å². The van der Waals surface area contributed by atoms with Gasteiger partial charge in [-0.2, -0.15) is 13.2 Å². The Kier molecular flexibility index (Phi) is 6.32. The maximum Gasteiger partial charge on any atom is 0.416 e. The van der Waals surface area contributed by atoms with Gasteiger partial charge in [-0.3, -0.25) is 19.1 Å². The lowest BCUT2D eigenvalue weighted by Crippen LogP contribution is -2.41. The van der Waals surface area contributed by atoms with Gasteiger partial charge in [-0.15, -0.1) is 0 Å². The number of carbonyl (C=O) groups excluding carboxylic acids is 1. The summed E-state index contributed by atoms with van der Waals surface area (Å²) < 4.78 is 40.0. The van der Waals surface area contributed by atoms with Crippen molar-refractivity contribution in [2.75, 3.05) is 17.2 Å². The van der Waals surface area contributed by atoms with Crippen LogP contribution in [0.3, 0.4) is 0 Å². The molecule has 0 aliphatic carbocycles. The Hall–Kier alpha value is -3.04. The van der Waals surface area contributed by atoms with E-state index in [1.54, 1.807) is 6.92 Å². The Balaban J connectivity index is 2.55. The lowest BCUT2D eigenvalue weighted by atomic mass is 10.1. The van der Waals surface area contributed by atoms with Crippen molar-refractivity contribution in [3.05, 3.63) is 56.2 Å². The second-order valence-electron chi connectivity index (χ2n) is 6.13. The zero-order valence-electron chi connectivity index (χ0n) is 15.5. The van der Waals surface area contributed by atoms with E-state index in [1.807, 2.05) is 6.92 Å². The molecule has 0 aliphatic heterocycles. The third-order valence-corrected chi connectivity index (χ3v) is 4.22. The number of carbonyl (C=O) groups is 1. The van der Waals surface area contributed by atoms with Crippen molar-refractivity contribution in [3.8, 4) is 0 Å². The molecule has 0 bridgehead atoms. The minimum absolute atomic E-state index is 0.0334. The van der Waals surface area contributed by atoms with Crippen LogP contribution < -0.4 is 21.9 Å². The van der Waals surface area contributed by atoms with Crippen molar-refractivity contribution in [2.45, 2.75) is 39.4 Å². The van der Waals surface area contributed by atoms with Gasteiger partial charge in [0.25, 0.3) is 11.5 Å². The third-order valence-electron chi connectivity index (χ3n) is 4.22. The lowest BCUT2D eigenvalue weighted by Gasteiger charge is -2.23. The van der Waals surface area contributed by atoms with Crippen molar-refractivity contribution in [1.29, 1.82) is 0 Å². The summed E-state index contributed by atoms with van der Waals surface area (Å²) in [5, 5.41) is 0. The SMILES string of the molecule is CCCCn1c(N)c(N(CC)C(=O)c2cccc(C(F)(F)F)c2)c(=O)[nH]c1=O. The normalized spacial score (nSPS) is 11.5. The summed E-state index contributed by atoms with van der Waals surface area (Å²) in [6.45, 7) is 3.66. The number of nitrogens with zero attached hydrogens (tertiary/aromatic N) is 2. The number of rotatable bonds is 6. The molecule has 10 heteroatoms. The van der Waals surface area contributed by atoms with Gasteiger partial charge in [-0.05, 0) is 31.5 Å². The zero-order chi connectivity index (χ0) is 21.1. The number of benzene rings is 1. The van der Waals surface area contributed by atoms with Gasteiger partial charge in [0.15, 0.2) is 5.69 Å². The smallest absolute Gasteiger partial charge is 0.383 e. The number of halogens is 3. The summed E-state index contributed by atoms with van der Waals surface area (Å²) >= 11 is 0. The Morgan fingerprint density at radius 2 is 1.93 bits per heavy atom. The van der Waals surface area contributed by atoms with Crippen LogP contribution in [0.2, 0.25) is 0 Å². The van der Waals surface area contributed by atoms with Crippen molar-refractivity contribution < 1.29 is 18.0 Å². The molecule has 0 radical (unpaired) electrons. The Labute approximate surface area is 158 Å². The number of nitrogens with two attached hydrogens (primary N) is 1. The van der Waals surface area contributed by atoms with E-state index in [2.05, 4.69) is 4.98 Å². The van der Waals surface area contributed by atoms with Gasteiger partial charge in [0, 0.05) is 18.7 Å². The van der Waals surface area contributed by atoms with Crippen LogP contribution in [0, 0.1) is 0 Å². The molecule has 0 atom stereocenters. The number of unbranched alkanes of at least 4 members (excludes halogenated alkanes) is 1. The molecule has 28 heavy (non-hydrogen) atoms. The van der Waals surface area contributed by atoms with Crippen LogP contribution in [-0.4, -0.2) is 22.0 Å². The van der Waals surface area contributed by atoms with E-state index in [0.29, 0.717) is 12.5 Å². The monoisotopic (exact) mass is 398 g/mol. The highest BCUT2D eigenvalue weighted by molar-refractivity contribution is 6.07. The summed E-state index contributed by atoms with van der Waals surface area (Å²) in [5.74, 6) is -1.03.